The first-order chi connectivity index (χ1) is 5.65. The fourth-order valence-corrected chi connectivity index (χ4v) is 0.942. The van der Waals surface area contributed by atoms with Crippen molar-refractivity contribution in [3.05, 3.63) is 29.6 Å². The number of phenols is 1. The van der Waals surface area contributed by atoms with E-state index in [4.69, 9.17) is 5.21 Å². The topological polar surface area (TPSA) is 52.5 Å². The molecule has 0 heterocycles. The number of nitrogens with one attached hydrogen (secondary N) is 1. The maximum atomic E-state index is 12.6. The Kier molecular flexibility index (Phi) is 2.62. The summed E-state index contributed by atoms with van der Waals surface area (Å²) in [6, 6.07) is 3.09. The van der Waals surface area contributed by atoms with E-state index in [1.54, 1.807) is 6.92 Å². The summed E-state index contributed by atoms with van der Waals surface area (Å²) in [7, 11) is 0. The molecule has 1 atom stereocenters. The number of halogens is 1. The SMILES string of the molecule is C[C@@H](NO)c1cc(F)ccc1O. The van der Waals surface area contributed by atoms with E-state index < -0.39 is 11.9 Å². The van der Waals surface area contributed by atoms with Crippen LogP contribution in [-0.2, 0) is 0 Å². The Morgan fingerprint density at radius 3 is 2.75 bits per heavy atom. The second-order valence-corrected chi connectivity index (χ2v) is 2.55. The van der Waals surface area contributed by atoms with Gasteiger partial charge in [-0.05, 0) is 25.1 Å². The largest absolute Gasteiger partial charge is 0.508 e. The fourth-order valence-electron chi connectivity index (χ4n) is 0.942. The van der Waals surface area contributed by atoms with Gasteiger partial charge in [-0.15, -0.1) is 0 Å². The highest BCUT2D eigenvalue weighted by Gasteiger charge is 2.09. The summed E-state index contributed by atoms with van der Waals surface area (Å²) in [6.45, 7) is 1.61. The molecule has 0 bridgehead atoms. The highest BCUT2D eigenvalue weighted by Crippen LogP contribution is 2.23. The minimum atomic E-state index is -0.485. The van der Waals surface area contributed by atoms with Gasteiger partial charge < -0.3 is 10.3 Å². The molecule has 1 aromatic carbocycles. The van der Waals surface area contributed by atoms with Crippen LogP contribution in [0.25, 0.3) is 0 Å². The van der Waals surface area contributed by atoms with Gasteiger partial charge in [0.1, 0.15) is 11.6 Å². The van der Waals surface area contributed by atoms with E-state index in [1.807, 2.05) is 5.48 Å². The molecular formula is C8H10FNO2. The maximum Gasteiger partial charge on any atom is 0.123 e. The molecule has 1 rings (SSSR count). The van der Waals surface area contributed by atoms with Crippen molar-refractivity contribution in [1.82, 2.24) is 5.48 Å². The first kappa shape index (κ1) is 8.96. The van der Waals surface area contributed by atoms with E-state index >= 15 is 0 Å². The monoisotopic (exact) mass is 171 g/mol. The molecule has 0 aliphatic heterocycles. The number of hydrogen-bond donors (Lipinski definition) is 3. The minimum Gasteiger partial charge on any atom is -0.508 e. The smallest absolute Gasteiger partial charge is 0.123 e. The Balaban J connectivity index is 3.04. The summed E-state index contributed by atoms with van der Waals surface area (Å²) in [5.41, 5.74) is 2.25. The van der Waals surface area contributed by atoms with Gasteiger partial charge in [0.15, 0.2) is 0 Å². The molecule has 3 nitrogen and oxygen atoms in total. The first-order valence-electron chi connectivity index (χ1n) is 3.53. The van der Waals surface area contributed by atoms with E-state index in [0.717, 1.165) is 6.07 Å². The number of phenolic OH excluding ortho intramolecular Hbond substituents is 1. The van der Waals surface area contributed by atoms with Gasteiger partial charge in [-0.2, -0.15) is 5.48 Å². The summed E-state index contributed by atoms with van der Waals surface area (Å²) < 4.78 is 12.6. The minimum absolute atomic E-state index is 0.0366. The third kappa shape index (κ3) is 1.72. The molecule has 0 unspecified atom stereocenters. The van der Waals surface area contributed by atoms with Crippen LogP contribution in [0.2, 0.25) is 0 Å². The molecular weight excluding hydrogens is 161 g/mol. The third-order valence-corrected chi connectivity index (χ3v) is 1.65. The molecule has 1 aromatic rings. The van der Waals surface area contributed by atoms with Crippen molar-refractivity contribution in [2.45, 2.75) is 13.0 Å². The quantitative estimate of drug-likeness (QED) is 0.592. The number of hydroxylamine groups is 1. The molecule has 12 heavy (non-hydrogen) atoms. The Labute approximate surface area is 69.4 Å². The van der Waals surface area contributed by atoms with E-state index in [9.17, 15) is 9.50 Å². The number of benzene rings is 1. The summed E-state index contributed by atoms with van der Waals surface area (Å²) in [5, 5.41) is 17.7. The Morgan fingerprint density at radius 2 is 2.17 bits per heavy atom. The van der Waals surface area contributed by atoms with Crippen LogP contribution in [-0.4, -0.2) is 10.3 Å². The zero-order chi connectivity index (χ0) is 9.14. The lowest BCUT2D eigenvalue weighted by Crippen LogP contribution is -2.13. The van der Waals surface area contributed by atoms with Crippen molar-refractivity contribution < 1.29 is 14.7 Å². The normalized spacial score (nSPS) is 12.9. The molecule has 0 radical (unpaired) electrons. The van der Waals surface area contributed by atoms with Crippen molar-refractivity contribution in [3.8, 4) is 5.75 Å². The summed E-state index contributed by atoms with van der Waals surface area (Å²) >= 11 is 0. The van der Waals surface area contributed by atoms with Gasteiger partial charge in [-0.1, -0.05) is 0 Å². The van der Waals surface area contributed by atoms with Crippen LogP contribution in [0.3, 0.4) is 0 Å². The van der Waals surface area contributed by atoms with Crippen LogP contribution in [0.5, 0.6) is 5.75 Å². The molecule has 3 N–H and O–H groups in total. The van der Waals surface area contributed by atoms with Gasteiger partial charge >= 0.3 is 0 Å². The van der Waals surface area contributed by atoms with Gasteiger partial charge in [0.25, 0.3) is 0 Å². The van der Waals surface area contributed by atoms with Crippen LogP contribution in [0.15, 0.2) is 18.2 Å². The van der Waals surface area contributed by atoms with Crippen LogP contribution in [0.4, 0.5) is 4.39 Å². The predicted octanol–water partition coefficient (Wildman–Crippen LogP) is 1.57. The Bertz CT molecular complexity index is 278. The second-order valence-electron chi connectivity index (χ2n) is 2.55. The van der Waals surface area contributed by atoms with Crippen LogP contribution in [0, 0.1) is 5.82 Å². The molecule has 0 saturated heterocycles. The van der Waals surface area contributed by atoms with Crippen molar-refractivity contribution in [3.63, 3.8) is 0 Å². The van der Waals surface area contributed by atoms with Crippen LogP contribution in [0.1, 0.15) is 18.5 Å². The highest BCUT2D eigenvalue weighted by atomic mass is 19.1. The standard InChI is InChI=1S/C8H10FNO2/c1-5(10-12)7-4-6(9)2-3-8(7)11/h2-5,10-12H,1H3/t5-/m1/s1. The predicted molar refractivity (Wildman–Crippen MR) is 41.4 cm³/mol. The second kappa shape index (κ2) is 3.51. The molecule has 0 amide bonds. The lowest BCUT2D eigenvalue weighted by Gasteiger charge is -2.10. The molecule has 0 aliphatic rings. The van der Waals surface area contributed by atoms with Crippen LogP contribution < -0.4 is 5.48 Å². The lowest BCUT2D eigenvalue weighted by molar-refractivity contribution is 0.132. The van der Waals surface area contributed by atoms with Gasteiger partial charge in [0, 0.05) is 5.56 Å². The van der Waals surface area contributed by atoms with Gasteiger partial charge in [0.05, 0.1) is 6.04 Å². The third-order valence-electron chi connectivity index (χ3n) is 1.65. The van der Waals surface area contributed by atoms with Crippen molar-refractivity contribution >= 4 is 0 Å². The van der Waals surface area contributed by atoms with E-state index in [-0.39, 0.29) is 5.75 Å². The van der Waals surface area contributed by atoms with Crippen molar-refractivity contribution in [2.24, 2.45) is 0 Å². The van der Waals surface area contributed by atoms with Crippen molar-refractivity contribution in [1.29, 1.82) is 0 Å². The van der Waals surface area contributed by atoms with Crippen molar-refractivity contribution in [2.75, 3.05) is 0 Å². The van der Waals surface area contributed by atoms with Gasteiger partial charge in [0.2, 0.25) is 0 Å². The zero-order valence-electron chi connectivity index (χ0n) is 6.58. The summed E-state index contributed by atoms with van der Waals surface area (Å²) in [5.74, 6) is -0.477. The molecule has 66 valence electrons. The average molecular weight is 171 g/mol. The summed E-state index contributed by atoms with van der Waals surface area (Å²) in [4.78, 5) is 0. The average Bonchev–Trinajstić information content (AvgIpc) is 2.08. The number of rotatable bonds is 2. The lowest BCUT2D eigenvalue weighted by atomic mass is 10.1. The van der Waals surface area contributed by atoms with E-state index in [1.165, 1.54) is 12.1 Å². The number of aromatic hydroxyl groups is 1. The molecule has 0 aromatic heterocycles. The molecule has 0 fully saturated rings. The number of hydrogen-bond acceptors (Lipinski definition) is 3. The Morgan fingerprint density at radius 1 is 1.50 bits per heavy atom. The molecule has 4 heteroatoms. The molecule has 0 aliphatic carbocycles. The van der Waals surface area contributed by atoms with Gasteiger partial charge in [-0.25, -0.2) is 4.39 Å². The first-order valence-corrected chi connectivity index (χ1v) is 3.53. The van der Waals surface area contributed by atoms with E-state index in [2.05, 4.69) is 0 Å². The zero-order valence-corrected chi connectivity index (χ0v) is 6.58. The summed E-state index contributed by atoms with van der Waals surface area (Å²) in [6.07, 6.45) is 0. The van der Waals surface area contributed by atoms with Crippen LogP contribution >= 0.6 is 0 Å². The van der Waals surface area contributed by atoms with Gasteiger partial charge in [-0.3, -0.25) is 0 Å². The van der Waals surface area contributed by atoms with E-state index in [0.29, 0.717) is 5.56 Å². The molecule has 0 spiro atoms. The maximum absolute atomic E-state index is 12.6. The fraction of sp³-hybridized carbons (Fsp3) is 0.250. The Hall–Kier alpha value is -1.13. The molecule has 0 saturated carbocycles. The highest BCUT2D eigenvalue weighted by molar-refractivity contribution is 5.34.